The number of para-hydroxylation sites is 1. The molecule has 2 aromatic rings. The maximum atomic E-state index is 12.1. The number of carbonyl (C=O) groups is 1. The maximum absolute atomic E-state index is 12.1. The zero-order chi connectivity index (χ0) is 16.4. The maximum Gasteiger partial charge on any atom is 0.249 e. The molecule has 0 unspecified atom stereocenters. The molecule has 0 fully saturated rings. The van der Waals surface area contributed by atoms with Gasteiger partial charge in [0.1, 0.15) is 6.61 Å². The van der Waals surface area contributed by atoms with E-state index in [1.54, 1.807) is 6.26 Å². The Labute approximate surface area is 135 Å². The van der Waals surface area contributed by atoms with Gasteiger partial charge in [0.05, 0.1) is 11.8 Å². The van der Waals surface area contributed by atoms with Crippen LogP contribution in [-0.2, 0) is 4.74 Å². The zero-order valence-electron chi connectivity index (χ0n) is 12.9. The molecule has 23 heavy (non-hydrogen) atoms. The fourth-order valence-electron chi connectivity index (χ4n) is 2.86. The molecule has 0 atom stereocenters. The SMILES string of the molecule is Cc1ccc(-c2ccccc2N)c(C2=CCOC=C2)c1C(N)=O. The number of nitrogen functional groups attached to an aromatic ring is 1. The Balaban J connectivity index is 2.35. The largest absolute Gasteiger partial charge is 0.497 e. The summed E-state index contributed by atoms with van der Waals surface area (Å²) < 4.78 is 5.22. The summed E-state index contributed by atoms with van der Waals surface area (Å²) in [6, 6.07) is 11.5. The highest BCUT2D eigenvalue weighted by molar-refractivity contribution is 6.05. The highest BCUT2D eigenvalue weighted by Gasteiger charge is 2.20. The van der Waals surface area contributed by atoms with Crippen molar-refractivity contribution in [3.05, 3.63) is 71.5 Å². The second-order valence-electron chi connectivity index (χ2n) is 5.43. The average Bonchev–Trinajstić information content (AvgIpc) is 2.56. The molecule has 0 aliphatic carbocycles. The molecular formula is C19H18N2O2. The highest BCUT2D eigenvalue weighted by atomic mass is 16.5. The zero-order valence-corrected chi connectivity index (χ0v) is 12.9. The van der Waals surface area contributed by atoms with E-state index in [9.17, 15) is 4.79 Å². The first-order chi connectivity index (χ1) is 11.1. The molecule has 0 saturated heterocycles. The fraction of sp³-hybridized carbons (Fsp3) is 0.105. The van der Waals surface area contributed by atoms with E-state index in [1.165, 1.54) is 0 Å². The summed E-state index contributed by atoms with van der Waals surface area (Å²) in [6.45, 7) is 2.34. The molecule has 116 valence electrons. The third kappa shape index (κ3) is 2.71. The molecule has 1 aliphatic rings. The molecule has 0 radical (unpaired) electrons. The summed E-state index contributed by atoms with van der Waals surface area (Å²) in [7, 11) is 0. The Morgan fingerprint density at radius 3 is 2.57 bits per heavy atom. The number of rotatable bonds is 3. The molecule has 2 aromatic carbocycles. The number of nitrogens with two attached hydrogens (primary N) is 2. The number of hydrogen-bond acceptors (Lipinski definition) is 3. The van der Waals surface area contributed by atoms with Crippen molar-refractivity contribution in [1.29, 1.82) is 0 Å². The van der Waals surface area contributed by atoms with Gasteiger partial charge in [0.15, 0.2) is 0 Å². The monoisotopic (exact) mass is 306 g/mol. The van der Waals surface area contributed by atoms with Gasteiger partial charge in [0.2, 0.25) is 5.91 Å². The minimum absolute atomic E-state index is 0.449. The molecular weight excluding hydrogens is 288 g/mol. The Morgan fingerprint density at radius 2 is 1.91 bits per heavy atom. The molecule has 1 heterocycles. The van der Waals surface area contributed by atoms with Gasteiger partial charge in [-0.2, -0.15) is 0 Å². The molecule has 1 amide bonds. The van der Waals surface area contributed by atoms with Gasteiger partial charge in [0.25, 0.3) is 0 Å². The molecule has 0 bridgehead atoms. The second-order valence-corrected chi connectivity index (χ2v) is 5.43. The van der Waals surface area contributed by atoms with Crippen molar-refractivity contribution in [3.63, 3.8) is 0 Å². The van der Waals surface area contributed by atoms with Crippen molar-refractivity contribution in [3.8, 4) is 11.1 Å². The van der Waals surface area contributed by atoms with Crippen LogP contribution in [0.2, 0.25) is 0 Å². The molecule has 4 N–H and O–H groups in total. The highest BCUT2D eigenvalue weighted by Crippen LogP contribution is 2.37. The van der Waals surface area contributed by atoms with Crippen LogP contribution in [0.3, 0.4) is 0 Å². The van der Waals surface area contributed by atoms with E-state index >= 15 is 0 Å². The minimum Gasteiger partial charge on any atom is -0.497 e. The normalized spacial score (nSPS) is 13.3. The summed E-state index contributed by atoms with van der Waals surface area (Å²) in [5.74, 6) is -0.449. The predicted molar refractivity (Wildman–Crippen MR) is 92.6 cm³/mol. The smallest absolute Gasteiger partial charge is 0.249 e. The first kappa shape index (κ1) is 14.9. The van der Waals surface area contributed by atoms with E-state index in [0.29, 0.717) is 17.9 Å². The van der Waals surface area contributed by atoms with Gasteiger partial charge in [-0.1, -0.05) is 30.3 Å². The number of primary amides is 1. The van der Waals surface area contributed by atoms with Crippen LogP contribution in [0.25, 0.3) is 16.7 Å². The van der Waals surface area contributed by atoms with Gasteiger partial charge in [-0.3, -0.25) is 4.79 Å². The lowest BCUT2D eigenvalue weighted by Crippen LogP contribution is -2.16. The lowest BCUT2D eigenvalue weighted by Gasteiger charge is -2.19. The Bertz CT molecular complexity index is 835. The van der Waals surface area contributed by atoms with Crippen molar-refractivity contribution >= 4 is 17.2 Å². The number of carbonyl (C=O) groups excluding carboxylic acids is 1. The van der Waals surface area contributed by atoms with Crippen LogP contribution in [0.5, 0.6) is 0 Å². The van der Waals surface area contributed by atoms with Gasteiger partial charge in [-0.15, -0.1) is 0 Å². The van der Waals surface area contributed by atoms with E-state index < -0.39 is 5.91 Å². The van der Waals surface area contributed by atoms with Gasteiger partial charge in [-0.05, 0) is 41.8 Å². The molecule has 0 aromatic heterocycles. The quantitative estimate of drug-likeness (QED) is 0.854. The Kier molecular flexibility index (Phi) is 3.89. The van der Waals surface area contributed by atoms with Gasteiger partial charge < -0.3 is 16.2 Å². The fourth-order valence-corrected chi connectivity index (χ4v) is 2.86. The first-order valence-corrected chi connectivity index (χ1v) is 7.36. The van der Waals surface area contributed by atoms with Crippen LogP contribution in [0.1, 0.15) is 21.5 Å². The molecule has 3 rings (SSSR count). The molecule has 4 heteroatoms. The van der Waals surface area contributed by atoms with Crippen LogP contribution in [-0.4, -0.2) is 12.5 Å². The summed E-state index contributed by atoms with van der Waals surface area (Å²) in [4.78, 5) is 12.1. The lowest BCUT2D eigenvalue weighted by molar-refractivity contribution is 0.0999. The van der Waals surface area contributed by atoms with Crippen LogP contribution >= 0.6 is 0 Å². The number of benzene rings is 2. The van der Waals surface area contributed by atoms with Crippen LogP contribution in [0.4, 0.5) is 5.69 Å². The van der Waals surface area contributed by atoms with Crippen molar-refractivity contribution in [1.82, 2.24) is 0 Å². The van der Waals surface area contributed by atoms with E-state index in [1.807, 2.05) is 55.5 Å². The van der Waals surface area contributed by atoms with Crippen LogP contribution in [0, 0.1) is 6.92 Å². The van der Waals surface area contributed by atoms with Crippen LogP contribution < -0.4 is 11.5 Å². The van der Waals surface area contributed by atoms with E-state index in [0.717, 1.165) is 27.8 Å². The molecule has 0 spiro atoms. The van der Waals surface area contributed by atoms with Crippen molar-refractivity contribution < 1.29 is 9.53 Å². The number of ether oxygens (including phenoxy) is 1. The summed E-state index contributed by atoms with van der Waals surface area (Å²) in [5, 5.41) is 0. The molecule has 1 aliphatic heterocycles. The second kappa shape index (κ2) is 6.01. The predicted octanol–water partition coefficient (Wildman–Crippen LogP) is 3.27. The number of aryl methyl sites for hydroxylation is 1. The third-order valence-electron chi connectivity index (χ3n) is 3.94. The van der Waals surface area contributed by atoms with Gasteiger partial charge >= 0.3 is 0 Å². The summed E-state index contributed by atoms with van der Waals surface area (Å²) >= 11 is 0. The Morgan fingerprint density at radius 1 is 1.13 bits per heavy atom. The van der Waals surface area contributed by atoms with Crippen LogP contribution in [0.15, 0.2) is 54.8 Å². The average molecular weight is 306 g/mol. The third-order valence-corrected chi connectivity index (χ3v) is 3.94. The number of amides is 1. The summed E-state index contributed by atoms with van der Waals surface area (Å²) in [6.07, 6.45) is 5.40. The first-order valence-electron chi connectivity index (χ1n) is 7.36. The molecule has 4 nitrogen and oxygen atoms in total. The summed E-state index contributed by atoms with van der Waals surface area (Å²) in [5.41, 5.74) is 17.3. The van der Waals surface area contributed by atoms with Gasteiger partial charge in [-0.25, -0.2) is 0 Å². The van der Waals surface area contributed by atoms with Crippen molar-refractivity contribution in [2.75, 3.05) is 12.3 Å². The van der Waals surface area contributed by atoms with Gasteiger partial charge in [0, 0.05) is 16.8 Å². The number of anilines is 1. The van der Waals surface area contributed by atoms with E-state index in [4.69, 9.17) is 16.2 Å². The van der Waals surface area contributed by atoms with Crippen molar-refractivity contribution in [2.45, 2.75) is 6.92 Å². The van der Waals surface area contributed by atoms with E-state index in [-0.39, 0.29) is 0 Å². The van der Waals surface area contributed by atoms with E-state index in [2.05, 4.69) is 0 Å². The van der Waals surface area contributed by atoms with Crippen molar-refractivity contribution in [2.24, 2.45) is 5.73 Å². The minimum atomic E-state index is -0.449. The lowest BCUT2D eigenvalue weighted by atomic mass is 9.86. The standard InChI is InChI=1S/C19H18N2O2/c1-12-6-7-15(14-4-2-3-5-16(14)20)18(17(12)19(21)22)13-8-10-23-11-9-13/h2-10H,11,20H2,1H3,(H2,21,22). The Hall–Kier alpha value is -3.01. The number of allylic oxidation sites excluding steroid dienone is 2. The number of hydrogen-bond donors (Lipinski definition) is 2. The molecule has 0 saturated carbocycles. The topological polar surface area (TPSA) is 78.3 Å².